The summed E-state index contributed by atoms with van der Waals surface area (Å²) in [4.78, 5) is 20.7. The number of para-hydroxylation sites is 1. The van der Waals surface area contributed by atoms with E-state index in [1.807, 2.05) is 42.5 Å². The average Bonchev–Trinajstić information content (AvgIpc) is 2.70. The van der Waals surface area contributed by atoms with Gasteiger partial charge in [0, 0.05) is 17.3 Å². The minimum Gasteiger partial charge on any atom is -0.350 e. The Bertz CT molecular complexity index is 895. The highest BCUT2D eigenvalue weighted by atomic mass is 35.5. The van der Waals surface area contributed by atoms with Crippen molar-refractivity contribution in [2.24, 2.45) is 0 Å². The van der Waals surface area contributed by atoms with Gasteiger partial charge in [0.25, 0.3) is 5.91 Å². The second-order valence-electron chi connectivity index (χ2n) is 6.05. The summed E-state index contributed by atoms with van der Waals surface area (Å²) in [5, 5.41) is 6.80. The van der Waals surface area contributed by atoms with Crippen LogP contribution in [0.2, 0.25) is 5.02 Å². The Kier molecular flexibility index (Phi) is 6.39. The molecule has 0 aliphatic heterocycles. The van der Waals surface area contributed by atoms with Crippen molar-refractivity contribution in [2.45, 2.75) is 19.8 Å². The molecule has 0 saturated heterocycles. The summed E-state index contributed by atoms with van der Waals surface area (Å²) in [7, 11) is 0. The molecule has 0 unspecified atom stereocenters. The molecule has 0 bridgehead atoms. The number of rotatable bonds is 7. The van der Waals surface area contributed by atoms with E-state index in [2.05, 4.69) is 33.6 Å². The van der Waals surface area contributed by atoms with E-state index in [1.165, 1.54) is 11.8 Å². The Morgan fingerprint density at radius 1 is 1.04 bits per heavy atom. The molecule has 2 N–H and O–H groups in total. The van der Waals surface area contributed by atoms with Crippen molar-refractivity contribution >= 4 is 29.0 Å². The zero-order valence-corrected chi connectivity index (χ0v) is 15.8. The number of carbonyl (C=O) groups is 1. The Hall–Kier alpha value is -2.92. The Morgan fingerprint density at radius 2 is 1.81 bits per heavy atom. The van der Waals surface area contributed by atoms with Crippen LogP contribution < -0.4 is 10.6 Å². The third kappa shape index (κ3) is 5.28. The van der Waals surface area contributed by atoms with Gasteiger partial charge in [0.05, 0.1) is 12.4 Å². The van der Waals surface area contributed by atoms with Crippen molar-refractivity contribution < 1.29 is 4.79 Å². The molecule has 0 saturated carbocycles. The summed E-state index contributed by atoms with van der Waals surface area (Å²) in [5.74, 6) is 0.366. The quantitative estimate of drug-likeness (QED) is 0.637. The number of carbonyl (C=O) groups excluding carboxylic acids is 1. The van der Waals surface area contributed by atoms with Crippen molar-refractivity contribution in [1.82, 2.24) is 15.3 Å². The molecule has 0 aliphatic rings. The fourth-order valence-corrected chi connectivity index (χ4v) is 2.79. The number of hydrogen-bond donors (Lipinski definition) is 2. The minimum absolute atomic E-state index is 0.239. The van der Waals surface area contributed by atoms with Crippen LogP contribution in [0.25, 0.3) is 0 Å². The van der Waals surface area contributed by atoms with Crippen molar-refractivity contribution in [3.8, 4) is 0 Å². The molecule has 1 heterocycles. The van der Waals surface area contributed by atoms with E-state index in [1.54, 1.807) is 6.20 Å². The van der Waals surface area contributed by atoms with Crippen LogP contribution in [-0.2, 0) is 12.8 Å². The molecule has 0 aliphatic carbocycles. The van der Waals surface area contributed by atoms with Gasteiger partial charge in [-0.25, -0.2) is 9.97 Å². The molecule has 2 aromatic carbocycles. The molecule has 138 valence electrons. The van der Waals surface area contributed by atoms with Gasteiger partial charge < -0.3 is 10.6 Å². The maximum Gasteiger partial charge on any atom is 0.271 e. The van der Waals surface area contributed by atoms with Gasteiger partial charge in [-0.15, -0.1) is 0 Å². The van der Waals surface area contributed by atoms with E-state index in [0.717, 1.165) is 24.1 Å². The van der Waals surface area contributed by atoms with Gasteiger partial charge in [-0.1, -0.05) is 48.9 Å². The summed E-state index contributed by atoms with van der Waals surface area (Å²) in [5.41, 5.74) is 3.60. The lowest BCUT2D eigenvalue weighted by molar-refractivity contribution is 0.0949. The van der Waals surface area contributed by atoms with Crippen LogP contribution in [-0.4, -0.2) is 22.4 Å². The van der Waals surface area contributed by atoms with Crippen LogP contribution in [0.5, 0.6) is 0 Å². The molecule has 1 amide bonds. The number of nitrogens with zero attached hydrogens (tertiary/aromatic N) is 2. The number of aryl methyl sites for hydroxylation is 1. The minimum atomic E-state index is -0.239. The molecule has 27 heavy (non-hydrogen) atoms. The smallest absolute Gasteiger partial charge is 0.271 e. The largest absolute Gasteiger partial charge is 0.350 e. The molecular formula is C21H21ClN4O. The van der Waals surface area contributed by atoms with Crippen molar-refractivity contribution in [3.63, 3.8) is 0 Å². The first-order valence-electron chi connectivity index (χ1n) is 8.85. The molecule has 6 heteroatoms. The Labute approximate surface area is 163 Å². The molecule has 0 radical (unpaired) electrons. The number of nitrogens with one attached hydrogen (secondary N) is 2. The summed E-state index contributed by atoms with van der Waals surface area (Å²) < 4.78 is 0. The number of aromatic nitrogens is 2. The standard InChI is InChI=1S/C21H21ClN4O/c1-2-16-5-3-4-6-18(16)26-20-14-24-19(13-25-20)21(27)23-12-11-15-7-9-17(22)10-8-15/h3-10,13-14H,2,11-12H2,1H3,(H,23,27)(H,25,26). The Morgan fingerprint density at radius 3 is 2.52 bits per heavy atom. The maximum atomic E-state index is 12.2. The fraction of sp³-hybridized carbons (Fsp3) is 0.190. The van der Waals surface area contributed by atoms with E-state index >= 15 is 0 Å². The lowest BCUT2D eigenvalue weighted by Gasteiger charge is -2.10. The second kappa shape index (κ2) is 9.14. The number of benzene rings is 2. The van der Waals surface area contributed by atoms with Crippen molar-refractivity contribution in [1.29, 1.82) is 0 Å². The van der Waals surface area contributed by atoms with E-state index in [-0.39, 0.29) is 5.91 Å². The molecule has 0 fully saturated rings. The van der Waals surface area contributed by atoms with Crippen molar-refractivity contribution in [3.05, 3.63) is 82.8 Å². The first-order valence-corrected chi connectivity index (χ1v) is 9.23. The first kappa shape index (κ1) is 18.9. The average molecular weight is 381 g/mol. The zero-order chi connectivity index (χ0) is 19.1. The molecule has 3 rings (SSSR count). The predicted molar refractivity (Wildman–Crippen MR) is 109 cm³/mol. The van der Waals surface area contributed by atoms with Crippen LogP contribution in [0, 0.1) is 0 Å². The molecule has 1 aromatic heterocycles. The highest BCUT2D eigenvalue weighted by Crippen LogP contribution is 2.19. The van der Waals surface area contributed by atoms with Gasteiger partial charge in [-0.05, 0) is 42.2 Å². The zero-order valence-electron chi connectivity index (χ0n) is 15.1. The van der Waals surface area contributed by atoms with E-state index in [9.17, 15) is 4.79 Å². The monoisotopic (exact) mass is 380 g/mol. The van der Waals surface area contributed by atoms with Gasteiger partial charge in [0.1, 0.15) is 11.5 Å². The van der Waals surface area contributed by atoms with Crippen molar-refractivity contribution in [2.75, 3.05) is 11.9 Å². The molecule has 5 nitrogen and oxygen atoms in total. The van der Waals surface area contributed by atoms with E-state index in [0.29, 0.717) is 23.1 Å². The van der Waals surface area contributed by atoms with Crippen LogP contribution in [0.15, 0.2) is 60.9 Å². The fourth-order valence-electron chi connectivity index (χ4n) is 2.66. The van der Waals surface area contributed by atoms with Gasteiger partial charge >= 0.3 is 0 Å². The molecule has 3 aromatic rings. The summed E-state index contributed by atoms with van der Waals surface area (Å²) >= 11 is 5.87. The predicted octanol–water partition coefficient (Wildman–Crippen LogP) is 4.41. The highest BCUT2D eigenvalue weighted by molar-refractivity contribution is 6.30. The van der Waals surface area contributed by atoms with Crippen LogP contribution in [0.1, 0.15) is 28.5 Å². The van der Waals surface area contributed by atoms with Gasteiger partial charge in [0.15, 0.2) is 0 Å². The third-order valence-electron chi connectivity index (χ3n) is 4.16. The number of hydrogen-bond acceptors (Lipinski definition) is 4. The highest BCUT2D eigenvalue weighted by Gasteiger charge is 2.08. The van der Waals surface area contributed by atoms with Gasteiger partial charge in [-0.3, -0.25) is 4.79 Å². The lowest BCUT2D eigenvalue weighted by atomic mass is 10.1. The van der Waals surface area contributed by atoms with Crippen LogP contribution in [0.4, 0.5) is 11.5 Å². The summed E-state index contributed by atoms with van der Waals surface area (Å²) in [6.45, 7) is 2.62. The van der Waals surface area contributed by atoms with Crippen LogP contribution in [0.3, 0.4) is 0 Å². The van der Waals surface area contributed by atoms with E-state index < -0.39 is 0 Å². The number of halogens is 1. The topological polar surface area (TPSA) is 66.9 Å². The molecule has 0 spiro atoms. The normalized spacial score (nSPS) is 10.4. The summed E-state index contributed by atoms with van der Waals surface area (Å²) in [6.07, 6.45) is 4.70. The van der Waals surface area contributed by atoms with Crippen LogP contribution >= 0.6 is 11.6 Å². The second-order valence-corrected chi connectivity index (χ2v) is 6.49. The van der Waals surface area contributed by atoms with Gasteiger partial charge in [-0.2, -0.15) is 0 Å². The first-order chi connectivity index (χ1) is 13.2. The molecule has 0 atom stereocenters. The van der Waals surface area contributed by atoms with E-state index in [4.69, 9.17) is 11.6 Å². The number of amides is 1. The Balaban J connectivity index is 1.54. The lowest BCUT2D eigenvalue weighted by Crippen LogP contribution is -2.26. The number of anilines is 2. The molecular weight excluding hydrogens is 360 g/mol. The summed E-state index contributed by atoms with van der Waals surface area (Å²) in [6, 6.07) is 15.6. The third-order valence-corrected chi connectivity index (χ3v) is 4.41. The maximum absolute atomic E-state index is 12.2. The van der Waals surface area contributed by atoms with Gasteiger partial charge in [0.2, 0.25) is 0 Å². The SMILES string of the molecule is CCc1ccccc1Nc1cnc(C(=O)NCCc2ccc(Cl)cc2)cn1.